The van der Waals surface area contributed by atoms with Crippen LogP contribution in [0.5, 0.6) is 0 Å². The van der Waals surface area contributed by atoms with Gasteiger partial charge in [0.05, 0.1) is 22.4 Å². The number of benzene rings is 2. The highest BCUT2D eigenvalue weighted by Crippen LogP contribution is 2.32. The number of aryl methyl sites for hydroxylation is 1. The van der Waals surface area contributed by atoms with Crippen LogP contribution in [0.15, 0.2) is 62.8 Å². The van der Waals surface area contributed by atoms with Crippen LogP contribution in [0.1, 0.15) is 21.5 Å². The number of carbonyl (C=O) groups is 3. The van der Waals surface area contributed by atoms with Crippen LogP contribution in [-0.4, -0.2) is 28.4 Å². The summed E-state index contributed by atoms with van der Waals surface area (Å²) in [7, 11) is 0. The number of halogens is 1. The monoisotopic (exact) mass is 423 g/mol. The lowest BCUT2D eigenvalue weighted by Crippen LogP contribution is -2.33. The van der Waals surface area contributed by atoms with E-state index in [9.17, 15) is 23.6 Å². The summed E-state index contributed by atoms with van der Waals surface area (Å²) in [6.07, 6.45) is 2.53. The number of amides is 2. The number of carbonyl (C=O) groups excluding carboxylic acids is 3. The van der Waals surface area contributed by atoms with Gasteiger partial charge in [0, 0.05) is 5.56 Å². The first-order chi connectivity index (χ1) is 14.3. The van der Waals surface area contributed by atoms with E-state index in [0.717, 1.165) is 22.6 Å². The second-order valence-electron chi connectivity index (χ2n) is 6.72. The Balaban J connectivity index is 1.61. The number of hydrogen-bond donors (Lipinski definition) is 0. The van der Waals surface area contributed by atoms with Gasteiger partial charge in [0.15, 0.2) is 11.2 Å². The maximum Gasteiger partial charge on any atom is 0.293 e. The summed E-state index contributed by atoms with van der Waals surface area (Å²) in [6.45, 7) is 1.37. The van der Waals surface area contributed by atoms with Crippen LogP contribution >= 0.6 is 11.8 Å². The Kier molecular flexibility index (Phi) is 5.09. The zero-order valence-electron chi connectivity index (χ0n) is 15.7. The molecule has 0 aliphatic carbocycles. The fraction of sp³-hybridized carbons (Fsp3) is 0.0909. The molecule has 0 unspecified atom stereocenters. The Labute approximate surface area is 174 Å². The number of ketones is 1. The fourth-order valence-corrected chi connectivity index (χ4v) is 3.84. The highest BCUT2D eigenvalue weighted by atomic mass is 32.2. The highest BCUT2D eigenvalue weighted by molar-refractivity contribution is 8.18. The summed E-state index contributed by atoms with van der Waals surface area (Å²) in [5.41, 5.74) is 1.29. The average Bonchev–Trinajstić information content (AvgIpc) is 2.98. The van der Waals surface area contributed by atoms with Gasteiger partial charge >= 0.3 is 0 Å². The maximum atomic E-state index is 13.0. The van der Waals surface area contributed by atoms with E-state index in [1.54, 1.807) is 12.1 Å². The molecule has 30 heavy (non-hydrogen) atoms. The van der Waals surface area contributed by atoms with Crippen molar-refractivity contribution < 1.29 is 23.2 Å². The van der Waals surface area contributed by atoms with Gasteiger partial charge in [-0.3, -0.25) is 24.1 Å². The zero-order chi connectivity index (χ0) is 21.4. The number of nitrogens with zero attached hydrogens (tertiary/aromatic N) is 1. The second kappa shape index (κ2) is 7.72. The minimum Gasteiger partial charge on any atom is -0.463 e. The molecule has 4 rings (SSSR count). The third-order valence-corrected chi connectivity index (χ3v) is 5.49. The molecule has 1 fully saturated rings. The predicted octanol–water partition coefficient (Wildman–Crippen LogP) is 4.16. The van der Waals surface area contributed by atoms with Gasteiger partial charge in [-0.15, -0.1) is 0 Å². The van der Waals surface area contributed by atoms with E-state index in [4.69, 9.17) is 4.42 Å². The summed E-state index contributed by atoms with van der Waals surface area (Å²) in [5.74, 6) is -1.67. The van der Waals surface area contributed by atoms with E-state index < -0.39 is 29.3 Å². The summed E-state index contributed by atoms with van der Waals surface area (Å²) in [4.78, 5) is 50.8. The van der Waals surface area contributed by atoms with Crippen molar-refractivity contribution in [2.24, 2.45) is 0 Å². The molecule has 0 saturated carbocycles. The minimum absolute atomic E-state index is 0.0196. The van der Waals surface area contributed by atoms with E-state index in [2.05, 4.69) is 0 Å². The van der Waals surface area contributed by atoms with E-state index in [0.29, 0.717) is 22.7 Å². The number of rotatable bonds is 4. The summed E-state index contributed by atoms with van der Waals surface area (Å²) >= 11 is 0.639. The Bertz CT molecular complexity index is 1290. The molecule has 1 aliphatic heterocycles. The van der Waals surface area contributed by atoms with Gasteiger partial charge in [-0.05, 0) is 61.2 Å². The fourth-order valence-electron chi connectivity index (χ4n) is 3.01. The van der Waals surface area contributed by atoms with Crippen molar-refractivity contribution in [3.63, 3.8) is 0 Å². The number of Topliss-reactive ketones (excluding diaryl/α,β-unsaturated/α-hetero) is 1. The molecule has 2 heterocycles. The lowest BCUT2D eigenvalue weighted by molar-refractivity contribution is -0.122. The molecule has 0 bridgehead atoms. The van der Waals surface area contributed by atoms with Gasteiger partial charge < -0.3 is 4.42 Å². The van der Waals surface area contributed by atoms with Gasteiger partial charge in [-0.1, -0.05) is 11.6 Å². The topological polar surface area (TPSA) is 84.7 Å². The van der Waals surface area contributed by atoms with E-state index in [1.807, 2.05) is 13.0 Å². The Hall–Kier alpha value is -3.52. The van der Waals surface area contributed by atoms with E-state index in [-0.39, 0.29) is 21.5 Å². The van der Waals surface area contributed by atoms with Crippen LogP contribution in [0.25, 0.3) is 17.0 Å². The molecule has 0 spiro atoms. The Morgan fingerprint density at radius 3 is 2.60 bits per heavy atom. The molecule has 3 aromatic rings. The number of hydrogen-bond acceptors (Lipinski definition) is 6. The molecule has 6 nitrogen and oxygen atoms in total. The molecule has 0 radical (unpaired) electrons. The number of thioether (sulfide) groups is 1. The highest BCUT2D eigenvalue weighted by Gasteiger charge is 2.36. The van der Waals surface area contributed by atoms with Crippen molar-refractivity contribution in [2.75, 3.05) is 6.54 Å². The third-order valence-electron chi connectivity index (χ3n) is 4.58. The molecular formula is C22H14FNO5S. The van der Waals surface area contributed by atoms with Crippen LogP contribution in [-0.2, 0) is 4.79 Å². The minimum atomic E-state index is -0.677. The van der Waals surface area contributed by atoms with Gasteiger partial charge in [0.2, 0.25) is 0 Å². The summed E-state index contributed by atoms with van der Waals surface area (Å²) in [5, 5.41) is -0.253. The standard InChI is InChI=1S/C22H14FNO5S/c1-12-2-7-18-16(8-12)20(26)14(11-29-18)9-19-21(27)24(22(28)30-19)10-17(25)13-3-5-15(23)6-4-13/h2-9,11H,10H2,1H3/b19-9-. The van der Waals surface area contributed by atoms with E-state index in [1.165, 1.54) is 24.5 Å². The quantitative estimate of drug-likeness (QED) is 0.463. The van der Waals surface area contributed by atoms with Crippen LogP contribution in [0.4, 0.5) is 9.18 Å². The lowest BCUT2D eigenvalue weighted by atomic mass is 10.1. The molecule has 2 amide bonds. The average molecular weight is 423 g/mol. The molecule has 0 N–H and O–H groups in total. The predicted molar refractivity (Wildman–Crippen MR) is 111 cm³/mol. The maximum absolute atomic E-state index is 13.0. The molecule has 8 heteroatoms. The third kappa shape index (κ3) is 3.69. The van der Waals surface area contributed by atoms with Crippen LogP contribution in [0.3, 0.4) is 0 Å². The van der Waals surface area contributed by atoms with Gasteiger partial charge in [0.25, 0.3) is 11.1 Å². The van der Waals surface area contributed by atoms with Crippen molar-refractivity contribution >= 4 is 45.7 Å². The van der Waals surface area contributed by atoms with Gasteiger partial charge in [0.1, 0.15) is 17.7 Å². The van der Waals surface area contributed by atoms with Gasteiger partial charge in [-0.2, -0.15) is 0 Å². The SMILES string of the molecule is Cc1ccc2occ(/C=C3\SC(=O)N(CC(=O)c4ccc(F)cc4)C3=O)c(=O)c2c1. The Morgan fingerprint density at radius 2 is 1.87 bits per heavy atom. The van der Waals surface area contributed by atoms with Crippen molar-refractivity contribution in [3.05, 3.63) is 86.4 Å². The molecule has 1 aliphatic rings. The smallest absolute Gasteiger partial charge is 0.293 e. The summed E-state index contributed by atoms with van der Waals surface area (Å²) < 4.78 is 18.5. The first-order valence-electron chi connectivity index (χ1n) is 8.90. The first-order valence-corrected chi connectivity index (χ1v) is 9.71. The van der Waals surface area contributed by atoms with Gasteiger partial charge in [-0.25, -0.2) is 4.39 Å². The lowest BCUT2D eigenvalue weighted by Gasteiger charge is -2.11. The number of fused-ring (bicyclic) bond motifs is 1. The van der Waals surface area contributed by atoms with E-state index >= 15 is 0 Å². The molecule has 2 aromatic carbocycles. The first kappa shape index (κ1) is 19.8. The molecule has 1 saturated heterocycles. The van der Waals surface area contributed by atoms with Crippen LogP contribution in [0, 0.1) is 12.7 Å². The zero-order valence-corrected chi connectivity index (χ0v) is 16.5. The van der Waals surface area contributed by atoms with Crippen molar-refractivity contribution in [1.82, 2.24) is 4.90 Å². The molecule has 1 aromatic heterocycles. The van der Waals surface area contributed by atoms with Crippen molar-refractivity contribution in [2.45, 2.75) is 6.92 Å². The van der Waals surface area contributed by atoms with Crippen LogP contribution < -0.4 is 5.43 Å². The summed E-state index contributed by atoms with van der Waals surface area (Å²) in [6, 6.07) is 10.0. The normalized spacial score (nSPS) is 15.4. The largest absolute Gasteiger partial charge is 0.463 e. The van der Waals surface area contributed by atoms with Crippen LogP contribution in [0.2, 0.25) is 0 Å². The Morgan fingerprint density at radius 1 is 1.13 bits per heavy atom. The molecule has 0 atom stereocenters. The van der Waals surface area contributed by atoms with Crippen molar-refractivity contribution in [3.8, 4) is 0 Å². The second-order valence-corrected chi connectivity index (χ2v) is 7.71. The molecule has 150 valence electrons. The molecular weight excluding hydrogens is 409 g/mol. The van der Waals surface area contributed by atoms with Crippen molar-refractivity contribution in [1.29, 1.82) is 0 Å². The number of imide groups is 1.